The molecule has 0 atom stereocenters. The van der Waals surface area contributed by atoms with E-state index in [2.05, 4.69) is 9.97 Å². The van der Waals surface area contributed by atoms with Gasteiger partial charge in [-0.1, -0.05) is 72.3 Å². The first-order valence-electron chi connectivity index (χ1n) is 7.72. The van der Waals surface area contributed by atoms with E-state index in [0.717, 1.165) is 11.1 Å². The van der Waals surface area contributed by atoms with Gasteiger partial charge in [-0.3, -0.25) is 4.90 Å². The molecule has 25 heavy (non-hydrogen) atoms. The number of carbonyl (C=O) groups is 1. The molecule has 2 aromatic carbocycles. The predicted octanol–water partition coefficient (Wildman–Crippen LogP) is 4.47. The number of nitrogens with zero attached hydrogens (tertiary/aromatic N) is 3. The third kappa shape index (κ3) is 4.78. The first kappa shape index (κ1) is 16.9. The molecule has 0 unspecified atom stereocenters. The number of halogens is 1. The van der Waals surface area contributed by atoms with E-state index in [9.17, 15) is 4.79 Å². The molecule has 126 valence electrons. The number of ether oxygens (including phenoxy) is 1. The van der Waals surface area contributed by atoms with Crippen molar-refractivity contribution in [2.75, 3.05) is 4.90 Å². The zero-order chi connectivity index (χ0) is 17.5. The lowest BCUT2D eigenvalue weighted by Crippen LogP contribution is -2.31. The number of amides is 1. The van der Waals surface area contributed by atoms with E-state index in [1.54, 1.807) is 0 Å². The minimum Gasteiger partial charge on any atom is -0.444 e. The zero-order valence-electron chi connectivity index (χ0n) is 13.4. The molecule has 3 aromatic rings. The van der Waals surface area contributed by atoms with Crippen LogP contribution in [0, 0.1) is 0 Å². The Labute approximate surface area is 150 Å². The second-order valence-electron chi connectivity index (χ2n) is 5.31. The summed E-state index contributed by atoms with van der Waals surface area (Å²) in [5.74, 6) is 0.391. The summed E-state index contributed by atoms with van der Waals surface area (Å²) in [5, 5.41) is 0.263. The third-order valence-corrected chi connectivity index (χ3v) is 3.71. The van der Waals surface area contributed by atoms with E-state index in [1.165, 1.54) is 17.3 Å². The first-order chi connectivity index (χ1) is 12.2. The van der Waals surface area contributed by atoms with Crippen molar-refractivity contribution in [1.82, 2.24) is 9.97 Å². The van der Waals surface area contributed by atoms with Gasteiger partial charge in [0.15, 0.2) is 0 Å². The van der Waals surface area contributed by atoms with Crippen molar-refractivity contribution in [3.05, 3.63) is 89.3 Å². The van der Waals surface area contributed by atoms with Gasteiger partial charge in [0.1, 0.15) is 23.9 Å². The highest BCUT2D eigenvalue weighted by Gasteiger charge is 2.19. The molecule has 0 radical (unpaired) electrons. The second-order valence-corrected chi connectivity index (χ2v) is 5.70. The number of anilines is 1. The maximum absolute atomic E-state index is 12.6. The van der Waals surface area contributed by atoms with E-state index in [-0.39, 0.29) is 11.8 Å². The van der Waals surface area contributed by atoms with Gasteiger partial charge < -0.3 is 4.74 Å². The van der Waals surface area contributed by atoms with Crippen molar-refractivity contribution in [3.8, 4) is 0 Å². The summed E-state index contributed by atoms with van der Waals surface area (Å²) in [5.41, 5.74) is 1.87. The highest BCUT2D eigenvalue weighted by Crippen LogP contribution is 2.19. The smallest absolute Gasteiger partial charge is 0.416 e. The zero-order valence-corrected chi connectivity index (χ0v) is 14.1. The number of benzene rings is 2. The highest BCUT2D eigenvalue weighted by molar-refractivity contribution is 6.29. The van der Waals surface area contributed by atoms with Crippen LogP contribution >= 0.6 is 11.6 Å². The SMILES string of the molecule is O=C(OCc1ccccc1)N(Cc1ccccc1)c1cc(Cl)ncn1. The lowest BCUT2D eigenvalue weighted by atomic mass is 10.2. The van der Waals surface area contributed by atoms with Crippen molar-refractivity contribution in [3.63, 3.8) is 0 Å². The lowest BCUT2D eigenvalue weighted by Gasteiger charge is -2.21. The standard InChI is InChI=1S/C19H16ClN3O2/c20-17-11-18(22-14-21-17)23(12-15-7-3-1-4-8-15)19(24)25-13-16-9-5-2-6-10-16/h1-11,14H,12-13H2. The van der Waals surface area contributed by atoms with Gasteiger partial charge in [-0.15, -0.1) is 0 Å². The summed E-state index contributed by atoms with van der Waals surface area (Å²) in [6.07, 6.45) is 0.822. The second kappa shape index (κ2) is 8.26. The summed E-state index contributed by atoms with van der Waals surface area (Å²) in [6, 6.07) is 20.6. The molecule has 6 heteroatoms. The molecular formula is C19H16ClN3O2. The Morgan fingerprint density at radius 2 is 1.60 bits per heavy atom. The van der Waals surface area contributed by atoms with Crippen LogP contribution in [0.4, 0.5) is 10.6 Å². The molecule has 0 bridgehead atoms. The maximum Gasteiger partial charge on any atom is 0.416 e. The van der Waals surface area contributed by atoms with Gasteiger partial charge in [0, 0.05) is 6.07 Å². The van der Waals surface area contributed by atoms with Crippen LogP contribution < -0.4 is 4.90 Å². The molecule has 0 aliphatic heterocycles. The largest absolute Gasteiger partial charge is 0.444 e. The minimum absolute atomic E-state index is 0.184. The number of carbonyl (C=O) groups excluding carboxylic acids is 1. The Kier molecular flexibility index (Phi) is 5.59. The van der Waals surface area contributed by atoms with Crippen LogP contribution in [0.1, 0.15) is 11.1 Å². The van der Waals surface area contributed by atoms with Crippen molar-refractivity contribution in [2.24, 2.45) is 0 Å². The molecule has 1 heterocycles. The van der Waals surface area contributed by atoms with Gasteiger partial charge in [0.25, 0.3) is 0 Å². The van der Waals surface area contributed by atoms with Crippen LogP contribution in [-0.4, -0.2) is 16.1 Å². The van der Waals surface area contributed by atoms with Gasteiger partial charge in [0.2, 0.25) is 0 Å². The molecule has 0 spiro atoms. The predicted molar refractivity (Wildman–Crippen MR) is 96.3 cm³/mol. The molecule has 3 rings (SSSR count). The number of hydrogen-bond donors (Lipinski definition) is 0. The van der Waals surface area contributed by atoms with Gasteiger partial charge in [-0.2, -0.15) is 0 Å². The normalized spacial score (nSPS) is 10.3. The molecule has 0 aliphatic rings. The summed E-state index contributed by atoms with van der Waals surface area (Å²) in [6.45, 7) is 0.506. The van der Waals surface area contributed by atoms with E-state index < -0.39 is 6.09 Å². The Bertz CT molecular complexity index is 828. The molecule has 0 fully saturated rings. The Balaban J connectivity index is 1.78. The molecule has 1 aromatic heterocycles. The van der Waals surface area contributed by atoms with E-state index in [1.807, 2.05) is 60.7 Å². The number of aromatic nitrogens is 2. The quantitative estimate of drug-likeness (QED) is 0.635. The lowest BCUT2D eigenvalue weighted by molar-refractivity contribution is 0.146. The van der Waals surface area contributed by atoms with Crippen LogP contribution in [-0.2, 0) is 17.9 Å². The van der Waals surface area contributed by atoms with Crippen molar-refractivity contribution >= 4 is 23.5 Å². The molecule has 1 amide bonds. The minimum atomic E-state index is -0.498. The monoisotopic (exact) mass is 353 g/mol. The molecule has 0 saturated carbocycles. The molecular weight excluding hydrogens is 338 g/mol. The van der Waals surface area contributed by atoms with Crippen molar-refractivity contribution < 1.29 is 9.53 Å². The van der Waals surface area contributed by atoms with Crippen LogP contribution in [0.3, 0.4) is 0 Å². The van der Waals surface area contributed by atoms with Gasteiger partial charge >= 0.3 is 6.09 Å². The van der Waals surface area contributed by atoms with Crippen LogP contribution in [0.25, 0.3) is 0 Å². The maximum atomic E-state index is 12.6. The molecule has 0 saturated heterocycles. The van der Waals surface area contributed by atoms with Gasteiger partial charge in [0.05, 0.1) is 6.54 Å². The van der Waals surface area contributed by atoms with Crippen LogP contribution in [0.5, 0.6) is 0 Å². The van der Waals surface area contributed by atoms with Crippen LogP contribution in [0.2, 0.25) is 5.15 Å². The number of rotatable bonds is 5. The first-order valence-corrected chi connectivity index (χ1v) is 8.10. The molecule has 5 nitrogen and oxygen atoms in total. The molecule has 0 aliphatic carbocycles. The number of hydrogen-bond acceptors (Lipinski definition) is 4. The summed E-state index contributed by atoms with van der Waals surface area (Å²) in [7, 11) is 0. The van der Waals surface area contributed by atoms with Crippen molar-refractivity contribution in [2.45, 2.75) is 13.2 Å². The summed E-state index contributed by atoms with van der Waals surface area (Å²) in [4.78, 5) is 22.1. The molecule has 0 N–H and O–H groups in total. The fourth-order valence-electron chi connectivity index (χ4n) is 2.27. The fraction of sp³-hybridized carbons (Fsp3) is 0.105. The Hall–Kier alpha value is -2.92. The van der Waals surface area contributed by atoms with Gasteiger partial charge in [-0.05, 0) is 11.1 Å². The average molecular weight is 354 g/mol. The summed E-state index contributed by atoms with van der Waals surface area (Å²) >= 11 is 5.94. The highest BCUT2D eigenvalue weighted by atomic mass is 35.5. The Morgan fingerprint density at radius 3 is 2.24 bits per heavy atom. The van der Waals surface area contributed by atoms with Crippen molar-refractivity contribution in [1.29, 1.82) is 0 Å². The Morgan fingerprint density at radius 1 is 0.960 bits per heavy atom. The third-order valence-electron chi connectivity index (χ3n) is 3.50. The fourth-order valence-corrected chi connectivity index (χ4v) is 2.42. The van der Waals surface area contributed by atoms with E-state index >= 15 is 0 Å². The van der Waals surface area contributed by atoms with Gasteiger partial charge in [-0.25, -0.2) is 14.8 Å². The summed E-state index contributed by atoms with van der Waals surface area (Å²) < 4.78 is 5.44. The van der Waals surface area contributed by atoms with Crippen LogP contribution in [0.15, 0.2) is 73.1 Å². The van der Waals surface area contributed by atoms with E-state index in [0.29, 0.717) is 12.4 Å². The van der Waals surface area contributed by atoms with E-state index in [4.69, 9.17) is 16.3 Å². The topological polar surface area (TPSA) is 55.3 Å². The average Bonchev–Trinajstić information content (AvgIpc) is 2.66.